The first kappa shape index (κ1) is 18.6. The molecule has 126 valence electrons. The maximum atomic E-state index is 10.6. The van der Waals surface area contributed by atoms with Crippen LogP contribution in [-0.2, 0) is 16.0 Å². The van der Waals surface area contributed by atoms with Gasteiger partial charge >= 0.3 is 11.9 Å². The number of aromatic amines is 1. The molecule has 0 spiro atoms. The molecule has 0 saturated heterocycles. The van der Waals surface area contributed by atoms with Crippen LogP contribution in [0.15, 0.2) is 30.5 Å². The van der Waals surface area contributed by atoms with E-state index in [4.69, 9.17) is 26.8 Å². The Morgan fingerprint density at radius 3 is 2.26 bits per heavy atom. The van der Waals surface area contributed by atoms with E-state index in [0.29, 0.717) is 6.42 Å². The first-order valence-electron chi connectivity index (χ1n) is 6.93. The number of aliphatic carboxylic acids is 2. The topological polar surface area (TPSA) is 163 Å². The summed E-state index contributed by atoms with van der Waals surface area (Å²) in [6.07, 6.45) is 1.18. The zero-order valence-electron chi connectivity index (χ0n) is 12.6. The smallest absolute Gasteiger partial charge is 0.323 e. The molecule has 0 saturated carbocycles. The van der Waals surface area contributed by atoms with Gasteiger partial charge in [-0.15, -0.1) is 0 Å². The van der Waals surface area contributed by atoms with Crippen molar-refractivity contribution in [1.82, 2.24) is 4.98 Å². The van der Waals surface area contributed by atoms with Crippen LogP contribution >= 0.6 is 0 Å². The molecule has 8 N–H and O–H groups in total. The van der Waals surface area contributed by atoms with Crippen molar-refractivity contribution in [3.63, 3.8) is 0 Å². The van der Waals surface area contributed by atoms with Crippen LogP contribution in [0.4, 0.5) is 0 Å². The van der Waals surface area contributed by atoms with Gasteiger partial charge in [-0.25, -0.2) is 0 Å². The van der Waals surface area contributed by atoms with Gasteiger partial charge in [0.1, 0.15) is 12.1 Å². The number of para-hydroxylation sites is 1. The number of aliphatic hydroxyl groups is 1. The lowest BCUT2D eigenvalue weighted by Gasteiger charge is -2.06. The van der Waals surface area contributed by atoms with Crippen LogP contribution in [0.2, 0.25) is 0 Å². The number of carboxylic acid groups (broad SMARTS) is 2. The Balaban J connectivity index is 0.000000284. The van der Waals surface area contributed by atoms with Crippen molar-refractivity contribution >= 4 is 22.8 Å². The predicted octanol–water partition coefficient (Wildman–Crippen LogP) is -0.0986. The minimum atomic E-state index is -1.18. The van der Waals surface area contributed by atoms with Crippen molar-refractivity contribution in [2.75, 3.05) is 0 Å². The standard InChI is InChI=1S/C11H12N2O2.C4H9NO3/c12-9(11(14)15)5-7-6-13-10-4-2-1-3-8(7)10;1-2(6)3(5)4(7)8/h1-4,6,9,13H,5,12H2,(H,14,15);2-3,6H,5H2,1H3,(H,7,8)/t9-;2?,3-/m00/s1. The summed E-state index contributed by atoms with van der Waals surface area (Å²) in [6, 6.07) is 5.76. The molecule has 3 atom stereocenters. The number of nitrogens with two attached hydrogens (primary N) is 2. The third kappa shape index (κ3) is 5.37. The maximum absolute atomic E-state index is 10.6. The molecule has 0 aliphatic rings. The fourth-order valence-corrected chi connectivity index (χ4v) is 1.83. The highest BCUT2D eigenvalue weighted by atomic mass is 16.4. The van der Waals surface area contributed by atoms with Crippen molar-refractivity contribution in [1.29, 1.82) is 0 Å². The van der Waals surface area contributed by atoms with E-state index in [1.165, 1.54) is 6.92 Å². The molecule has 2 rings (SSSR count). The Morgan fingerprint density at radius 1 is 1.17 bits per heavy atom. The second kappa shape index (κ2) is 8.28. The highest BCUT2D eigenvalue weighted by molar-refractivity contribution is 5.84. The highest BCUT2D eigenvalue weighted by Crippen LogP contribution is 2.18. The van der Waals surface area contributed by atoms with Gasteiger partial charge in [0, 0.05) is 23.5 Å². The Kier molecular flexibility index (Phi) is 6.70. The van der Waals surface area contributed by atoms with E-state index >= 15 is 0 Å². The molecule has 1 unspecified atom stereocenters. The van der Waals surface area contributed by atoms with Crippen molar-refractivity contribution in [2.45, 2.75) is 31.5 Å². The summed E-state index contributed by atoms with van der Waals surface area (Å²) in [7, 11) is 0. The van der Waals surface area contributed by atoms with Crippen LogP contribution in [-0.4, -0.2) is 50.4 Å². The lowest BCUT2D eigenvalue weighted by atomic mass is 10.1. The molecule has 8 nitrogen and oxygen atoms in total. The van der Waals surface area contributed by atoms with Gasteiger partial charge in [-0.3, -0.25) is 9.59 Å². The average Bonchev–Trinajstić information content (AvgIpc) is 2.90. The van der Waals surface area contributed by atoms with E-state index in [0.717, 1.165) is 16.5 Å². The molecule has 1 aromatic carbocycles. The van der Waals surface area contributed by atoms with Crippen LogP contribution in [0, 0.1) is 0 Å². The third-order valence-corrected chi connectivity index (χ3v) is 3.24. The molecule has 1 heterocycles. The number of H-pyrrole nitrogens is 1. The zero-order chi connectivity index (χ0) is 17.6. The number of aromatic nitrogens is 1. The number of carbonyl (C=O) groups is 2. The second-order valence-corrected chi connectivity index (χ2v) is 5.11. The molecule has 0 amide bonds. The summed E-state index contributed by atoms with van der Waals surface area (Å²) in [5, 5.41) is 26.3. The summed E-state index contributed by atoms with van der Waals surface area (Å²) >= 11 is 0. The minimum absolute atomic E-state index is 0.347. The number of hydrogen-bond donors (Lipinski definition) is 6. The Labute approximate surface area is 132 Å². The number of rotatable bonds is 5. The Morgan fingerprint density at radius 2 is 1.78 bits per heavy atom. The third-order valence-electron chi connectivity index (χ3n) is 3.24. The molecular weight excluding hydrogens is 302 g/mol. The molecule has 0 aliphatic heterocycles. The lowest BCUT2D eigenvalue weighted by molar-refractivity contribution is -0.141. The fourth-order valence-electron chi connectivity index (χ4n) is 1.83. The number of fused-ring (bicyclic) bond motifs is 1. The molecule has 2 aromatic rings. The predicted molar refractivity (Wildman–Crippen MR) is 84.9 cm³/mol. The molecule has 0 fully saturated rings. The largest absolute Gasteiger partial charge is 0.480 e. The summed E-state index contributed by atoms with van der Waals surface area (Å²) < 4.78 is 0. The number of hydrogen-bond acceptors (Lipinski definition) is 5. The van der Waals surface area contributed by atoms with Gasteiger partial charge in [-0.2, -0.15) is 0 Å². The normalized spacial score (nSPS) is 14.4. The molecule has 0 radical (unpaired) electrons. The van der Waals surface area contributed by atoms with Gasteiger partial charge in [0.25, 0.3) is 0 Å². The molecule has 23 heavy (non-hydrogen) atoms. The summed E-state index contributed by atoms with van der Waals surface area (Å²) in [5.74, 6) is -2.15. The molecular formula is C15H21N3O5. The van der Waals surface area contributed by atoms with Crippen molar-refractivity contribution < 1.29 is 24.9 Å². The SMILES string of the molecule is CC(O)[C@H](N)C(=O)O.N[C@@H](Cc1c[nH]c2ccccc12)C(=O)O. The number of carboxylic acids is 2. The van der Waals surface area contributed by atoms with Crippen LogP contribution in [0.25, 0.3) is 10.9 Å². The van der Waals surface area contributed by atoms with Crippen LogP contribution in [0.3, 0.4) is 0 Å². The van der Waals surface area contributed by atoms with E-state index in [1.54, 1.807) is 0 Å². The first-order chi connectivity index (χ1) is 10.7. The number of aliphatic hydroxyl groups excluding tert-OH is 1. The van der Waals surface area contributed by atoms with Crippen molar-refractivity contribution in [3.05, 3.63) is 36.0 Å². The van der Waals surface area contributed by atoms with Crippen molar-refractivity contribution in [2.24, 2.45) is 11.5 Å². The number of benzene rings is 1. The van der Waals surface area contributed by atoms with Crippen LogP contribution in [0.5, 0.6) is 0 Å². The van der Waals surface area contributed by atoms with E-state index < -0.39 is 30.1 Å². The molecule has 0 aliphatic carbocycles. The number of nitrogens with one attached hydrogen (secondary N) is 1. The van der Waals surface area contributed by atoms with Gasteiger partial charge in [-0.05, 0) is 18.6 Å². The quantitative estimate of drug-likeness (QED) is 0.447. The van der Waals surface area contributed by atoms with Gasteiger partial charge in [0.15, 0.2) is 0 Å². The lowest BCUT2D eigenvalue weighted by Crippen LogP contribution is -2.39. The Hall–Kier alpha value is -2.42. The summed E-state index contributed by atoms with van der Waals surface area (Å²) in [6.45, 7) is 1.33. The monoisotopic (exact) mass is 323 g/mol. The Bertz CT molecular complexity index is 668. The highest BCUT2D eigenvalue weighted by Gasteiger charge is 2.16. The van der Waals surface area contributed by atoms with E-state index in [-0.39, 0.29) is 0 Å². The van der Waals surface area contributed by atoms with Gasteiger partial charge in [0.05, 0.1) is 6.10 Å². The van der Waals surface area contributed by atoms with E-state index in [2.05, 4.69) is 4.98 Å². The van der Waals surface area contributed by atoms with Crippen molar-refractivity contribution in [3.8, 4) is 0 Å². The van der Waals surface area contributed by atoms with Crippen LogP contribution < -0.4 is 11.5 Å². The first-order valence-corrected chi connectivity index (χ1v) is 6.93. The second-order valence-electron chi connectivity index (χ2n) is 5.11. The fraction of sp³-hybridized carbons (Fsp3) is 0.333. The van der Waals surface area contributed by atoms with Gasteiger partial charge in [0.2, 0.25) is 0 Å². The summed E-state index contributed by atoms with van der Waals surface area (Å²) in [5.41, 5.74) is 12.3. The van der Waals surface area contributed by atoms with Gasteiger partial charge in [-0.1, -0.05) is 18.2 Å². The zero-order valence-corrected chi connectivity index (χ0v) is 12.6. The van der Waals surface area contributed by atoms with Gasteiger partial charge < -0.3 is 31.8 Å². The molecule has 8 heteroatoms. The molecule has 1 aromatic heterocycles. The van der Waals surface area contributed by atoms with Crippen LogP contribution in [0.1, 0.15) is 12.5 Å². The van der Waals surface area contributed by atoms with E-state index in [9.17, 15) is 9.59 Å². The van der Waals surface area contributed by atoms with E-state index in [1.807, 2.05) is 30.5 Å². The maximum Gasteiger partial charge on any atom is 0.323 e. The molecule has 0 bridgehead atoms. The average molecular weight is 323 g/mol. The minimum Gasteiger partial charge on any atom is -0.480 e. The summed E-state index contributed by atoms with van der Waals surface area (Å²) in [4.78, 5) is 23.6.